The Bertz CT molecular complexity index is 1150. The van der Waals surface area contributed by atoms with Gasteiger partial charge in [0.05, 0.1) is 35.2 Å². The third-order valence-corrected chi connectivity index (χ3v) is 8.49. The van der Waals surface area contributed by atoms with Crippen LogP contribution in [-0.2, 0) is 27.2 Å². The maximum absolute atomic E-state index is 13.6. The molecular formula is C20H16ClF3N2O3S2. The van der Waals surface area contributed by atoms with Gasteiger partial charge in [-0.25, -0.2) is 8.42 Å². The van der Waals surface area contributed by atoms with Gasteiger partial charge in [-0.15, -0.1) is 0 Å². The monoisotopic (exact) mass is 488 g/mol. The summed E-state index contributed by atoms with van der Waals surface area (Å²) in [5.41, 5.74) is -0.449. The van der Waals surface area contributed by atoms with Crippen LogP contribution in [0.3, 0.4) is 0 Å². The second-order valence-corrected chi connectivity index (χ2v) is 11.1. The lowest BCUT2D eigenvalue weighted by atomic mass is 10.1. The molecule has 11 heteroatoms. The van der Waals surface area contributed by atoms with Crippen molar-refractivity contribution in [3.8, 4) is 0 Å². The fourth-order valence-corrected chi connectivity index (χ4v) is 7.74. The highest BCUT2D eigenvalue weighted by Gasteiger charge is 2.51. The number of nitrogens with zero attached hydrogens (tertiary/aromatic N) is 2. The van der Waals surface area contributed by atoms with Gasteiger partial charge in [-0.05, 0) is 29.8 Å². The minimum atomic E-state index is -4.64. The van der Waals surface area contributed by atoms with Crippen LogP contribution in [0, 0.1) is 0 Å². The number of carbonyl (C=O) groups excluding carboxylic acids is 1. The second kappa shape index (κ2) is 8.14. The molecule has 2 heterocycles. The van der Waals surface area contributed by atoms with E-state index >= 15 is 0 Å². The molecule has 4 rings (SSSR count). The molecule has 0 N–H and O–H groups in total. The average molecular weight is 489 g/mol. The van der Waals surface area contributed by atoms with Crippen LogP contribution in [0.5, 0.6) is 0 Å². The molecule has 0 aromatic heterocycles. The summed E-state index contributed by atoms with van der Waals surface area (Å²) in [6, 6.07) is 10.8. The molecule has 2 aliphatic heterocycles. The zero-order valence-electron chi connectivity index (χ0n) is 15.8. The Morgan fingerprint density at radius 3 is 2.48 bits per heavy atom. The number of fused-ring (bicyclic) bond motifs is 1. The van der Waals surface area contributed by atoms with Gasteiger partial charge in [-0.1, -0.05) is 47.6 Å². The summed E-state index contributed by atoms with van der Waals surface area (Å²) in [5.74, 6) is -0.999. The van der Waals surface area contributed by atoms with E-state index in [2.05, 4.69) is 4.99 Å². The number of hydrogen-bond acceptors (Lipinski definition) is 4. The number of carbonyl (C=O) groups is 1. The zero-order chi connectivity index (χ0) is 22.4. The lowest BCUT2D eigenvalue weighted by molar-refractivity contribution is -0.137. The quantitative estimate of drug-likeness (QED) is 0.647. The Hall–Kier alpha value is -2.04. The van der Waals surface area contributed by atoms with Crippen LogP contribution in [0.25, 0.3) is 0 Å². The first kappa shape index (κ1) is 22.2. The largest absolute Gasteiger partial charge is 0.418 e. The minimum absolute atomic E-state index is 0.0520. The second-order valence-electron chi connectivity index (χ2n) is 7.28. The average Bonchev–Trinajstić information content (AvgIpc) is 3.13. The maximum atomic E-state index is 13.6. The van der Waals surface area contributed by atoms with Crippen molar-refractivity contribution in [2.24, 2.45) is 4.99 Å². The summed E-state index contributed by atoms with van der Waals surface area (Å²) in [6.07, 6.45) is -4.70. The van der Waals surface area contributed by atoms with E-state index in [1.807, 2.05) is 0 Å². The Kier molecular flexibility index (Phi) is 5.82. The molecular weight excluding hydrogens is 473 g/mol. The number of rotatable bonds is 3. The number of aliphatic imine (C=N–C) groups is 1. The van der Waals surface area contributed by atoms with Crippen LogP contribution in [0.2, 0.25) is 5.02 Å². The number of alkyl halides is 3. The summed E-state index contributed by atoms with van der Waals surface area (Å²) in [6.45, 7) is 0. The molecule has 2 saturated heterocycles. The summed E-state index contributed by atoms with van der Waals surface area (Å²) in [7, 11) is -3.40. The number of amides is 1. The van der Waals surface area contributed by atoms with E-state index in [9.17, 15) is 26.4 Å². The van der Waals surface area contributed by atoms with E-state index in [0.29, 0.717) is 10.6 Å². The highest BCUT2D eigenvalue weighted by atomic mass is 35.5. The van der Waals surface area contributed by atoms with Gasteiger partial charge in [0.2, 0.25) is 0 Å². The van der Waals surface area contributed by atoms with Gasteiger partial charge in [0.25, 0.3) is 5.91 Å². The number of sulfone groups is 1. The standard InChI is InChI=1S/C20H16ClF3N2O3S2/c21-13-7-5-12(6-8-13)9-18(27)25-19-26(16-10-31(28,29)11-17(16)30-19)15-4-2-1-3-14(15)20(22,23)24/h1-8,16-17H,9-11H2/t16-,17+/m1/s1. The van der Waals surface area contributed by atoms with Gasteiger partial charge in [0.1, 0.15) is 0 Å². The Labute approximate surface area is 186 Å². The van der Waals surface area contributed by atoms with E-state index in [1.54, 1.807) is 24.3 Å². The predicted octanol–water partition coefficient (Wildman–Crippen LogP) is 4.20. The summed E-state index contributed by atoms with van der Waals surface area (Å²) in [5, 5.41) is 0.103. The van der Waals surface area contributed by atoms with Gasteiger partial charge >= 0.3 is 6.18 Å². The summed E-state index contributed by atoms with van der Waals surface area (Å²) in [4.78, 5) is 17.9. The fraction of sp³-hybridized carbons (Fsp3) is 0.300. The van der Waals surface area contributed by atoms with E-state index in [-0.39, 0.29) is 28.8 Å². The van der Waals surface area contributed by atoms with E-state index in [1.165, 1.54) is 23.1 Å². The molecule has 0 unspecified atom stereocenters. The van der Waals surface area contributed by atoms with Crippen LogP contribution in [0.4, 0.5) is 18.9 Å². The first-order valence-corrected chi connectivity index (χ1v) is 12.3. The highest BCUT2D eigenvalue weighted by Crippen LogP contribution is 2.45. The number of para-hydroxylation sites is 1. The first-order valence-electron chi connectivity index (χ1n) is 9.22. The number of thioether (sulfide) groups is 1. The van der Waals surface area contributed by atoms with Crippen LogP contribution in [0.1, 0.15) is 11.1 Å². The van der Waals surface area contributed by atoms with E-state index < -0.39 is 38.8 Å². The van der Waals surface area contributed by atoms with Crippen molar-refractivity contribution < 1.29 is 26.4 Å². The normalized spacial score (nSPS) is 23.9. The van der Waals surface area contributed by atoms with E-state index in [0.717, 1.165) is 17.8 Å². The highest BCUT2D eigenvalue weighted by molar-refractivity contribution is 8.16. The molecule has 2 atom stereocenters. The van der Waals surface area contributed by atoms with Crippen LogP contribution in [-0.4, -0.2) is 42.3 Å². The molecule has 0 aliphatic carbocycles. The van der Waals surface area contributed by atoms with Gasteiger partial charge < -0.3 is 4.90 Å². The molecule has 31 heavy (non-hydrogen) atoms. The van der Waals surface area contributed by atoms with Crippen molar-refractivity contribution in [1.29, 1.82) is 0 Å². The summed E-state index contributed by atoms with van der Waals surface area (Å²) < 4.78 is 65.2. The van der Waals surface area contributed by atoms with Crippen molar-refractivity contribution in [3.05, 3.63) is 64.7 Å². The first-order chi connectivity index (χ1) is 14.5. The molecule has 0 radical (unpaired) electrons. The van der Waals surface area contributed by atoms with Crippen molar-refractivity contribution >= 4 is 50.0 Å². The van der Waals surface area contributed by atoms with Gasteiger partial charge in [0.15, 0.2) is 15.0 Å². The predicted molar refractivity (Wildman–Crippen MR) is 115 cm³/mol. The molecule has 0 bridgehead atoms. The summed E-state index contributed by atoms with van der Waals surface area (Å²) >= 11 is 6.87. The molecule has 1 amide bonds. The van der Waals surface area contributed by atoms with Gasteiger partial charge in [-0.2, -0.15) is 18.2 Å². The fourth-order valence-electron chi connectivity index (χ4n) is 3.69. The van der Waals surface area contributed by atoms with Crippen LogP contribution in [0.15, 0.2) is 53.5 Å². The lowest BCUT2D eigenvalue weighted by Crippen LogP contribution is -2.39. The Morgan fingerprint density at radius 1 is 1.13 bits per heavy atom. The Balaban J connectivity index is 1.71. The molecule has 5 nitrogen and oxygen atoms in total. The molecule has 2 fully saturated rings. The third kappa shape index (κ3) is 4.75. The zero-order valence-corrected chi connectivity index (χ0v) is 18.2. The van der Waals surface area contributed by atoms with E-state index in [4.69, 9.17) is 11.6 Å². The SMILES string of the molecule is O=C(Cc1ccc(Cl)cc1)N=C1S[C@H]2CS(=O)(=O)C[C@H]2N1c1ccccc1C(F)(F)F. The van der Waals surface area contributed by atoms with Crippen LogP contribution >= 0.6 is 23.4 Å². The molecule has 2 aliphatic rings. The molecule has 0 saturated carbocycles. The van der Waals surface area contributed by atoms with Crippen molar-refractivity contribution in [3.63, 3.8) is 0 Å². The number of hydrogen-bond donors (Lipinski definition) is 0. The van der Waals surface area contributed by atoms with Gasteiger partial charge in [0, 0.05) is 10.3 Å². The van der Waals surface area contributed by atoms with Crippen molar-refractivity contribution in [1.82, 2.24) is 0 Å². The smallest absolute Gasteiger partial charge is 0.315 e. The number of anilines is 1. The van der Waals surface area contributed by atoms with Crippen molar-refractivity contribution in [2.45, 2.75) is 23.9 Å². The Morgan fingerprint density at radius 2 is 1.81 bits per heavy atom. The number of benzene rings is 2. The minimum Gasteiger partial charge on any atom is -0.315 e. The topological polar surface area (TPSA) is 66.8 Å². The maximum Gasteiger partial charge on any atom is 0.418 e. The van der Waals surface area contributed by atoms with Crippen LogP contribution < -0.4 is 4.90 Å². The molecule has 0 spiro atoms. The third-order valence-electron chi connectivity index (χ3n) is 5.02. The van der Waals surface area contributed by atoms with Gasteiger partial charge in [-0.3, -0.25) is 4.79 Å². The molecule has 2 aromatic carbocycles. The number of amidine groups is 1. The number of halogens is 4. The molecule has 2 aromatic rings. The molecule has 164 valence electrons. The van der Waals surface area contributed by atoms with Crippen molar-refractivity contribution in [2.75, 3.05) is 16.4 Å². The lowest BCUT2D eigenvalue weighted by Gasteiger charge is -2.27.